The summed E-state index contributed by atoms with van der Waals surface area (Å²) in [4.78, 5) is 23.0. The lowest BCUT2D eigenvalue weighted by molar-refractivity contribution is 0.593. The molecular formula is C4H2BrFN2O2. The molecule has 0 aliphatic heterocycles. The molecule has 6 heteroatoms. The number of aromatic amines is 1. The first-order chi connectivity index (χ1) is 4.63. The average Bonchev–Trinajstić information content (AvgIpc) is 1.93. The van der Waals surface area contributed by atoms with Crippen LogP contribution in [0.25, 0.3) is 0 Å². The molecule has 0 radical (unpaired) electrons. The van der Waals surface area contributed by atoms with E-state index in [0.717, 1.165) is 0 Å². The van der Waals surface area contributed by atoms with Gasteiger partial charge >= 0.3 is 11.2 Å². The minimum atomic E-state index is -1.00. The van der Waals surface area contributed by atoms with E-state index in [0.29, 0.717) is 9.79 Å². The molecule has 1 heterocycles. The van der Waals surface area contributed by atoms with Gasteiger partial charge in [-0.25, -0.2) is 4.79 Å². The van der Waals surface area contributed by atoms with E-state index < -0.39 is 17.1 Å². The second-order valence-electron chi connectivity index (χ2n) is 1.53. The van der Waals surface area contributed by atoms with E-state index in [-0.39, 0.29) is 0 Å². The Hall–Kier alpha value is -0.910. The Morgan fingerprint density at radius 3 is 2.70 bits per heavy atom. The molecule has 10 heavy (non-hydrogen) atoms. The molecule has 1 aromatic heterocycles. The van der Waals surface area contributed by atoms with Gasteiger partial charge in [0.05, 0.1) is 16.1 Å². The maximum Gasteiger partial charge on any atom is 0.338 e. The second kappa shape index (κ2) is 2.37. The summed E-state index contributed by atoms with van der Waals surface area (Å²) in [7, 11) is 0. The van der Waals surface area contributed by atoms with E-state index in [4.69, 9.17) is 0 Å². The zero-order valence-electron chi connectivity index (χ0n) is 4.60. The van der Waals surface area contributed by atoms with E-state index in [1.54, 1.807) is 0 Å². The number of H-pyrrole nitrogens is 1. The van der Waals surface area contributed by atoms with Crippen molar-refractivity contribution in [3.63, 3.8) is 0 Å². The highest BCUT2D eigenvalue weighted by atomic mass is 79.9. The van der Waals surface area contributed by atoms with Crippen molar-refractivity contribution in [2.45, 2.75) is 0 Å². The molecule has 1 rings (SSSR count). The highest BCUT2D eigenvalue weighted by molar-refractivity contribution is 9.08. The molecule has 0 bridgehead atoms. The topological polar surface area (TPSA) is 54.9 Å². The lowest BCUT2D eigenvalue weighted by Gasteiger charge is -1.89. The molecule has 0 aromatic carbocycles. The number of hydrogen-bond acceptors (Lipinski definition) is 2. The van der Waals surface area contributed by atoms with Gasteiger partial charge < -0.3 is 4.98 Å². The van der Waals surface area contributed by atoms with Crippen molar-refractivity contribution < 1.29 is 4.39 Å². The van der Waals surface area contributed by atoms with Crippen LogP contribution in [-0.4, -0.2) is 8.58 Å². The third kappa shape index (κ3) is 1.02. The Kier molecular flexibility index (Phi) is 1.71. The van der Waals surface area contributed by atoms with Gasteiger partial charge in [-0.2, -0.15) is 7.98 Å². The van der Waals surface area contributed by atoms with Gasteiger partial charge in [-0.15, -0.1) is 0 Å². The first kappa shape index (κ1) is 7.20. The van der Waals surface area contributed by atoms with Crippen LogP contribution >= 0.6 is 16.1 Å². The monoisotopic (exact) mass is 208 g/mol. The Morgan fingerprint density at radius 2 is 2.20 bits per heavy atom. The zero-order valence-corrected chi connectivity index (χ0v) is 6.18. The van der Waals surface area contributed by atoms with Gasteiger partial charge in [0.25, 0.3) is 0 Å². The fraction of sp³-hybridized carbons (Fsp3) is 0. The summed E-state index contributed by atoms with van der Waals surface area (Å²) in [6, 6.07) is 0. The fourth-order valence-corrected chi connectivity index (χ4v) is 0.701. The van der Waals surface area contributed by atoms with Crippen LogP contribution in [0.15, 0.2) is 15.8 Å². The van der Waals surface area contributed by atoms with Gasteiger partial charge in [0.1, 0.15) is 0 Å². The summed E-state index contributed by atoms with van der Waals surface area (Å²) >= 11 is 2.55. The van der Waals surface area contributed by atoms with Crippen molar-refractivity contribution in [2.75, 3.05) is 0 Å². The molecule has 4 nitrogen and oxygen atoms in total. The third-order valence-electron chi connectivity index (χ3n) is 0.883. The SMILES string of the molecule is O=c1[nH]cc(F)c(=O)n1Br. The predicted octanol–water partition coefficient (Wildman–Crippen LogP) is -0.166. The minimum absolute atomic E-state index is 0.475. The average molecular weight is 209 g/mol. The Labute approximate surface area is 62.6 Å². The van der Waals surface area contributed by atoms with Gasteiger partial charge in [0.15, 0.2) is 0 Å². The lowest BCUT2D eigenvalue weighted by atomic mass is 10.6. The lowest BCUT2D eigenvalue weighted by Crippen LogP contribution is -2.30. The van der Waals surface area contributed by atoms with Crippen LogP contribution in [0, 0.1) is 5.82 Å². The van der Waals surface area contributed by atoms with Gasteiger partial charge in [0, 0.05) is 6.20 Å². The number of nitrogens with one attached hydrogen (secondary N) is 1. The number of hydrogen-bond donors (Lipinski definition) is 1. The Bertz CT molecular complexity index is 355. The number of aromatic nitrogens is 2. The second-order valence-corrected chi connectivity index (χ2v) is 2.24. The molecule has 0 unspecified atom stereocenters. The number of rotatable bonds is 0. The van der Waals surface area contributed by atoms with Crippen molar-refractivity contribution in [3.8, 4) is 0 Å². The predicted molar refractivity (Wildman–Crippen MR) is 35.6 cm³/mol. The van der Waals surface area contributed by atoms with Gasteiger partial charge in [-0.1, -0.05) is 0 Å². The highest BCUT2D eigenvalue weighted by Crippen LogP contribution is 1.82. The van der Waals surface area contributed by atoms with Crippen LogP contribution in [0.3, 0.4) is 0 Å². The van der Waals surface area contributed by atoms with Crippen molar-refractivity contribution in [2.24, 2.45) is 0 Å². The standard InChI is InChI=1S/C4H2BrFN2O2/c5-8-3(9)2(6)1-7-4(8)10/h1H,(H,7,10). The molecule has 0 atom stereocenters. The summed E-state index contributed by atoms with van der Waals surface area (Å²) in [5.41, 5.74) is -1.70. The molecule has 0 aliphatic rings. The molecule has 0 saturated heterocycles. The molecule has 0 spiro atoms. The first-order valence-corrected chi connectivity index (χ1v) is 3.00. The molecule has 1 aromatic rings. The highest BCUT2D eigenvalue weighted by Gasteiger charge is 2.01. The smallest absolute Gasteiger partial charge is 0.310 e. The quantitative estimate of drug-likeness (QED) is 0.644. The van der Waals surface area contributed by atoms with Crippen molar-refractivity contribution >= 4 is 16.1 Å². The first-order valence-electron chi connectivity index (χ1n) is 2.29. The van der Waals surface area contributed by atoms with E-state index in [9.17, 15) is 14.0 Å². The van der Waals surface area contributed by atoms with Crippen molar-refractivity contribution in [1.29, 1.82) is 0 Å². The number of nitrogens with zero attached hydrogens (tertiary/aromatic N) is 1. The van der Waals surface area contributed by atoms with E-state index in [1.165, 1.54) is 0 Å². The zero-order chi connectivity index (χ0) is 7.72. The van der Waals surface area contributed by atoms with Gasteiger partial charge in [-0.05, 0) is 0 Å². The van der Waals surface area contributed by atoms with E-state index >= 15 is 0 Å². The van der Waals surface area contributed by atoms with E-state index in [1.807, 2.05) is 4.98 Å². The van der Waals surface area contributed by atoms with Crippen LogP contribution in [0.2, 0.25) is 0 Å². The Balaban J connectivity index is 3.66. The molecule has 1 N–H and O–H groups in total. The maximum atomic E-state index is 12.2. The molecule has 0 fully saturated rings. The summed E-state index contributed by atoms with van der Waals surface area (Å²) in [6.45, 7) is 0. The molecule has 54 valence electrons. The third-order valence-corrected chi connectivity index (χ3v) is 1.53. The van der Waals surface area contributed by atoms with Crippen molar-refractivity contribution in [3.05, 3.63) is 32.9 Å². The summed E-state index contributed by atoms with van der Waals surface area (Å²) in [5, 5.41) is 0. The van der Waals surface area contributed by atoms with Gasteiger partial charge in [0.2, 0.25) is 5.82 Å². The summed E-state index contributed by atoms with van der Waals surface area (Å²) in [6.07, 6.45) is 0.711. The van der Waals surface area contributed by atoms with Crippen molar-refractivity contribution in [1.82, 2.24) is 8.58 Å². The molecule has 0 saturated carbocycles. The maximum absolute atomic E-state index is 12.2. The molecule has 0 amide bonds. The van der Waals surface area contributed by atoms with Crippen LogP contribution in [0.1, 0.15) is 0 Å². The molecule has 0 aliphatic carbocycles. The minimum Gasteiger partial charge on any atom is -0.310 e. The van der Waals surface area contributed by atoms with Gasteiger partial charge in [-0.3, -0.25) is 4.79 Å². The summed E-state index contributed by atoms with van der Waals surface area (Å²) in [5.74, 6) is -1.00. The summed E-state index contributed by atoms with van der Waals surface area (Å²) < 4.78 is 12.7. The van der Waals surface area contributed by atoms with Crippen LogP contribution < -0.4 is 11.2 Å². The normalized spacial score (nSPS) is 9.80. The van der Waals surface area contributed by atoms with Crippen LogP contribution in [0.4, 0.5) is 4.39 Å². The fourth-order valence-electron chi connectivity index (χ4n) is 0.430. The largest absolute Gasteiger partial charge is 0.338 e. The van der Waals surface area contributed by atoms with Crippen LogP contribution in [-0.2, 0) is 0 Å². The number of halogens is 2. The van der Waals surface area contributed by atoms with E-state index in [2.05, 4.69) is 16.1 Å². The Morgan fingerprint density at radius 1 is 1.60 bits per heavy atom. The van der Waals surface area contributed by atoms with Crippen LogP contribution in [0.5, 0.6) is 0 Å². The molecular weight excluding hydrogens is 207 g/mol.